The van der Waals surface area contributed by atoms with E-state index in [0.29, 0.717) is 28.1 Å². The van der Waals surface area contributed by atoms with Crippen molar-refractivity contribution in [3.05, 3.63) is 65.0 Å². The first kappa shape index (κ1) is 18.9. The Kier molecular flexibility index (Phi) is 5.76. The summed E-state index contributed by atoms with van der Waals surface area (Å²) >= 11 is 6.15. The maximum absolute atomic E-state index is 12.6. The van der Waals surface area contributed by atoms with E-state index in [1.165, 1.54) is 4.90 Å². The summed E-state index contributed by atoms with van der Waals surface area (Å²) in [6.45, 7) is 3.83. The molecule has 0 fully saturated rings. The van der Waals surface area contributed by atoms with E-state index < -0.39 is 6.10 Å². The number of carbonyl (C=O) groups excluding carboxylic acids is 1. The molecule has 0 aliphatic heterocycles. The molecule has 140 valence electrons. The molecule has 0 N–H and O–H groups in total. The van der Waals surface area contributed by atoms with Gasteiger partial charge >= 0.3 is 0 Å². The van der Waals surface area contributed by atoms with Crippen LogP contribution in [-0.2, 0) is 11.3 Å². The van der Waals surface area contributed by atoms with Gasteiger partial charge in [-0.2, -0.15) is 4.98 Å². The summed E-state index contributed by atoms with van der Waals surface area (Å²) in [6, 6.07) is 14.8. The molecule has 0 saturated carbocycles. The lowest BCUT2D eigenvalue weighted by Crippen LogP contribution is -2.37. The number of aromatic nitrogens is 2. The van der Waals surface area contributed by atoms with Crippen molar-refractivity contribution in [2.45, 2.75) is 26.5 Å². The molecule has 1 heterocycles. The molecule has 0 aliphatic rings. The molecule has 6 nitrogen and oxygen atoms in total. The molecule has 0 aliphatic carbocycles. The minimum atomic E-state index is -0.637. The number of amides is 1. The number of carbonyl (C=O) groups is 1. The Morgan fingerprint density at radius 2 is 1.93 bits per heavy atom. The monoisotopic (exact) mass is 385 g/mol. The number of ether oxygens (including phenoxy) is 1. The third kappa shape index (κ3) is 4.46. The summed E-state index contributed by atoms with van der Waals surface area (Å²) in [5.41, 5.74) is 1.65. The van der Waals surface area contributed by atoms with E-state index in [4.69, 9.17) is 20.9 Å². The third-order valence-corrected chi connectivity index (χ3v) is 4.41. The average molecular weight is 386 g/mol. The van der Waals surface area contributed by atoms with Gasteiger partial charge in [0.1, 0.15) is 5.75 Å². The highest BCUT2D eigenvalue weighted by Crippen LogP contribution is 2.25. The van der Waals surface area contributed by atoms with Crippen LogP contribution < -0.4 is 4.74 Å². The minimum absolute atomic E-state index is 0.178. The fourth-order valence-corrected chi connectivity index (χ4v) is 2.81. The number of hydrogen-bond acceptors (Lipinski definition) is 5. The van der Waals surface area contributed by atoms with Gasteiger partial charge in [0.15, 0.2) is 6.10 Å². The van der Waals surface area contributed by atoms with Gasteiger partial charge in [-0.05, 0) is 37.6 Å². The van der Waals surface area contributed by atoms with E-state index in [2.05, 4.69) is 10.1 Å². The van der Waals surface area contributed by atoms with Crippen molar-refractivity contribution in [1.29, 1.82) is 0 Å². The standard InChI is InChI=1S/C20H20ClN3O3/c1-13-8-4-7-11-17(13)26-14(2)20(25)24(3)12-18-22-19(23-27-18)15-9-5-6-10-16(15)21/h4-11,14H,12H2,1-3H3/t14-/m0/s1. The zero-order valence-corrected chi connectivity index (χ0v) is 16.1. The topological polar surface area (TPSA) is 68.5 Å². The second-order valence-electron chi connectivity index (χ2n) is 6.21. The highest BCUT2D eigenvalue weighted by molar-refractivity contribution is 6.33. The normalized spacial score (nSPS) is 11.9. The van der Waals surface area contributed by atoms with Crippen molar-refractivity contribution in [2.75, 3.05) is 7.05 Å². The van der Waals surface area contributed by atoms with Crippen LogP contribution in [0.5, 0.6) is 5.75 Å². The molecule has 2 aromatic carbocycles. The van der Waals surface area contributed by atoms with E-state index in [1.54, 1.807) is 20.0 Å². The molecule has 0 bridgehead atoms. The Balaban J connectivity index is 1.65. The second-order valence-corrected chi connectivity index (χ2v) is 6.62. The van der Waals surface area contributed by atoms with Gasteiger partial charge in [-0.15, -0.1) is 0 Å². The van der Waals surface area contributed by atoms with Crippen molar-refractivity contribution in [3.8, 4) is 17.1 Å². The number of nitrogens with zero attached hydrogens (tertiary/aromatic N) is 3. The lowest BCUT2D eigenvalue weighted by Gasteiger charge is -2.21. The van der Waals surface area contributed by atoms with Gasteiger partial charge in [0, 0.05) is 12.6 Å². The molecule has 0 unspecified atom stereocenters. The van der Waals surface area contributed by atoms with Crippen LogP contribution in [0.4, 0.5) is 0 Å². The molecular weight excluding hydrogens is 366 g/mol. The summed E-state index contributed by atoms with van der Waals surface area (Å²) < 4.78 is 11.0. The van der Waals surface area contributed by atoms with E-state index in [1.807, 2.05) is 49.4 Å². The molecule has 7 heteroatoms. The van der Waals surface area contributed by atoms with Gasteiger partial charge in [0.25, 0.3) is 5.91 Å². The molecule has 27 heavy (non-hydrogen) atoms. The van der Waals surface area contributed by atoms with E-state index in [9.17, 15) is 4.79 Å². The van der Waals surface area contributed by atoms with E-state index in [-0.39, 0.29) is 12.5 Å². The minimum Gasteiger partial charge on any atom is -0.481 e. The SMILES string of the molecule is Cc1ccccc1O[C@@H](C)C(=O)N(C)Cc1nc(-c2ccccc2Cl)no1. The van der Waals surface area contributed by atoms with Gasteiger partial charge in [-0.3, -0.25) is 4.79 Å². The first-order valence-corrected chi connectivity index (χ1v) is 8.88. The Morgan fingerprint density at radius 3 is 2.67 bits per heavy atom. The predicted molar refractivity (Wildman–Crippen MR) is 102 cm³/mol. The highest BCUT2D eigenvalue weighted by atomic mass is 35.5. The largest absolute Gasteiger partial charge is 0.481 e. The fourth-order valence-electron chi connectivity index (χ4n) is 2.59. The van der Waals surface area contributed by atoms with Gasteiger partial charge in [-0.1, -0.05) is 47.1 Å². The molecule has 3 aromatic rings. The van der Waals surface area contributed by atoms with Crippen LogP contribution in [0, 0.1) is 6.92 Å². The summed E-state index contributed by atoms with van der Waals surface area (Å²) in [5, 5.41) is 4.48. The fraction of sp³-hybridized carbons (Fsp3) is 0.250. The summed E-state index contributed by atoms with van der Waals surface area (Å²) in [5.74, 6) is 1.21. The lowest BCUT2D eigenvalue weighted by molar-refractivity contribution is -0.137. The van der Waals surface area contributed by atoms with Crippen LogP contribution in [-0.4, -0.2) is 34.1 Å². The molecule has 0 spiro atoms. The van der Waals surface area contributed by atoms with Crippen molar-refractivity contribution in [2.24, 2.45) is 0 Å². The Hall–Kier alpha value is -2.86. The number of benzene rings is 2. The van der Waals surface area contributed by atoms with Gasteiger partial charge < -0.3 is 14.2 Å². The molecule has 1 aromatic heterocycles. The van der Waals surface area contributed by atoms with Crippen LogP contribution >= 0.6 is 11.6 Å². The van der Waals surface area contributed by atoms with Gasteiger partial charge in [0.2, 0.25) is 11.7 Å². The third-order valence-electron chi connectivity index (χ3n) is 4.08. The number of aryl methyl sites for hydroxylation is 1. The molecule has 1 amide bonds. The van der Waals surface area contributed by atoms with Crippen molar-refractivity contribution >= 4 is 17.5 Å². The first-order valence-electron chi connectivity index (χ1n) is 8.50. The number of rotatable bonds is 6. The predicted octanol–water partition coefficient (Wildman–Crippen LogP) is 4.12. The molecule has 1 atom stereocenters. The summed E-state index contributed by atoms with van der Waals surface area (Å²) in [4.78, 5) is 18.4. The van der Waals surface area contributed by atoms with Crippen LogP contribution in [0.3, 0.4) is 0 Å². The molecule has 3 rings (SSSR count). The highest BCUT2D eigenvalue weighted by Gasteiger charge is 2.22. The number of halogens is 1. The smallest absolute Gasteiger partial charge is 0.263 e. The summed E-state index contributed by atoms with van der Waals surface area (Å²) in [7, 11) is 1.67. The number of likely N-dealkylation sites (N-methyl/N-ethyl adjacent to an activating group) is 1. The average Bonchev–Trinajstić information content (AvgIpc) is 3.11. The second kappa shape index (κ2) is 8.22. The number of para-hydroxylation sites is 1. The zero-order valence-electron chi connectivity index (χ0n) is 15.3. The van der Waals surface area contributed by atoms with Gasteiger partial charge in [0.05, 0.1) is 11.6 Å². The van der Waals surface area contributed by atoms with Crippen LogP contribution in [0.1, 0.15) is 18.4 Å². The van der Waals surface area contributed by atoms with Crippen molar-refractivity contribution in [3.63, 3.8) is 0 Å². The van der Waals surface area contributed by atoms with Crippen LogP contribution in [0.25, 0.3) is 11.4 Å². The molecule has 0 saturated heterocycles. The first-order chi connectivity index (χ1) is 13.0. The van der Waals surface area contributed by atoms with Gasteiger partial charge in [-0.25, -0.2) is 0 Å². The number of hydrogen-bond donors (Lipinski definition) is 0. The lowest BCUT2D eigenvalue weighted by atomic mass is 10.2. The summed E-state index contributed by atoms with van der Waals surface area (Å²) in [6.07, 6.45) is -0.637. The molecular formula is C20H20ClN3O3. The molecule has 0 radical (unpaired) electrons. The zero-order chi connectivity index (χ0) is 19.4. The van der Waals surface area contributed by atoms with Crippen molar-refractivity contribution in [1.82, 2.24) is 15.0 Å². The van der Waals surface area contributed by atoms with Crippen LogP contribution in [0.15, 0.2) is 53.1 Å². The Bertz CT molecular complexity index is 941. The van der Waals surface area contributed by atoms with Crippen LogP contribution in [0.2, 0.25) is 5.02 Å². The maximum atomic E-state index is 12.6. The Morgan fingerprint density at radius 1 is 1.22 bits per heavy atom. The van der Waals surface area contributed by atoms with E-state index in [0.717, 1.165) is 5.56 Å². The Labute approximate surface area is 162 Å². The van der Waals surface area contributed by atoms with E-state index >= 15 is 0 Å². The maximum Gasteiger partial charge on any atom is 0.263 e. The van der Waals surface area contributed by atoms with Crippen molar-refractivity contribution < 1.29 is 14.1 Å². The quantitative estimate of drug-likeness (QED) is 0.638.